The highest BCUT2D eigenvalue weighted by Gasteiger charge is 2.47. The molecule has 117 heavy (non-hydrogen) atoms. The number of hydrogen-bond donors (Lipinski definition) is 0. The van der Waals surface area contributed by atoms with Gasteiger partial charge in [-0.15, -0.1) is 0 Å². The van der Waals surface area contributed by atoms with Gasteiger partial charge in [0.2, 0.25) is 0 Å². The van der Waals surface area contributed by atoms with E-state index < -0.39 is 42.1 Å². The summed E-state index contributed by atoms with van der Waals surface area (Å²) in [5, 5.41) is 4.55. The zero-order chi connectivity index (χ0) is 87.8. The Hall–Kier alpha value is -10.9. The van der Waals surface area contributed by atoms with E-state index in [1.807, 2.05) is 62.3 Å². The van der Waals surface area contributed by atoms with Crippen molar-refractivity contribution in [1.82, 2.24) is 9.13 Å². The number of para-hydroxylation sites is 4. The molecular weight excluding hydrogens is 1410 g/mol. The van der Waals surface area contributed by atoms with E-state index in [4.69, 9.17) is 0 Å². The fourth-order valence-electron chi connectivity index (χ4n) is 18.8. The zero-order valence-corrected chi connectivity index (χ0v) is 72.9. The van der Waals surface area contributed by atoms with Crippen LogP contribution in [0.3, 0.4) is 0 Å². The molecule has 590 valence electrons. The van der Waals surface area contributed by atoms with Crippen LogP contribution in [-0.4, -0.2) is 15.8 Å². The predicted molar refractivity (Wildman–Crippen MR) is 509 cm³/mol. The second-order valence-corrected chi connectivity index (χ2v) is 41.4. The van der Waals surface area contributed by atoms with E-state index in [0.717, 1.165) is 192 Å². The maximum absolute atomic E-state index is 11.2. The molecule has 17 rings (SSSR count). The Morgan fingerprint density at radius 3 is 0.872 bits per heavy atom. The molecule has 0 radical (unpaired) electrons. The molecule has 0 aliphatic carbocycles. The van der Waals surface area contributed by atoms with Crippen LogP contribution in [0, 0.1) is 32.5 Å². The van der Waals surface area contributed by atoms with Crippen molar-refractivity contribution >= 4 is 101 Å². The minimum Gasteiger partial charge on any atom is -0.310 e. The molecule has 0 fully saturated rings. The van der Waals surface area contributed by atoms with Crippen molar-refractivity contribution in [2.75, 3.05) is 9.80 Å². The van der Waals surface area contributed by atoms with E-state index in [2.05, 4.69) is 369 Å². The molecule has 0 spiro atoms. The van der Waals surface area contributed by atoms with Gasteiger partial charge in [0, 0.05) is 86.1 Å². The molecule has 4 nitrogen and oxygen atoms in total. The molecule has 0 saturated heterocycles. The molecule has 0 N–H and O–H groups in total. The third-order valence-electron chi connectivity index (χ3n) is 22.9. The molecule has 2 aliphatic heterocycles. The first-order valence-electron chi connectivity index (χ1n) is 45.5. The van der Waals surface area contributed by atoms with Crippen molar-refractivity contribution in [3.63, 3.8) is 0 Å². The number of hydrogen-bond acceptors (Lipinski definition) is 2. The van der Waals surface area contributed by atoms with Crippen molar-refractivity contribution in [2.24, 2.45) is 32.5 Å². The Bertz CT molecular complexity index is 6520. The van der Waals surface area contributed by atoms with Gasteiger partial charge in [-0.1, -0.05) is 327 Å². The molecule has 13 aromatic carbocycles. The average molecular weight is 1540 g/mol. The summed E-state index contributed by atoms with van der Waals surface area (Å²) in [6.45, 7) is 45.0. The largest absolute Gasteiger partial charge is 0.310 e. The van der Waals surface area contributed by atoms with E-state index in [-0.39, 0.29) is 21.7 Å². The van der Waals surface area contributed by atoms with Crippen LogP contribution in [0.25, 0.3) is 99.5 Å². The fraction of sp³-hybridized carbons (Fsp3) is 0.304. The number of fused-ring (bicyclic) bond motifs is 10. The van der Waals surface area contributed by atoms with Crippen LogP contribution in [0.5, 0.6) is 0 Å². The Morgan fingerprint density at radius 1 is 0.265 bits per heavy atom. The summed E-state index contributed by atoms with van der Waals surface area (Å²) in [5.74, 6) is 0. The van der Waals surface area contributed by atoms with Crippen LogP contribution in [-0.2, 0) is 43.8 Å². The van der Waals surface area contributed by atoms with E-state index in [9.17, 15) is 8.22 Å². The van der Waals surface area contributed by atoms with E-state index in [1.54, 1.807) is 0 Å². The van der Waals surface area contributed by atoms with Crippen molar-refractivity contribution in [1.29, 1.82) is 0 Å². The van der Waals surface area contributed by atoms with E-state index in [0.29, 0.717) is 16.7 Å². The first-order chi connectivity index (χ1) is 57.7. The summed E-state index contributed by atoms with van der Waals surface area (Å²) >= 11 is 0. The maximum Gasteiger partial charge on any atom is 0.252 e. The molecule has 0 amide bonds. The first-order valence-corrected chi connectivity index (χ1v) is 42.5. The van der Waals surface area contributed by atoms with Gasteiger partial charge in [-0.3, -0.25) is 0 Å². The van der Waals surface area contributed by atoms with Crippen LogP contribution in [0.1, 0.15) is 193 Å². The molecule has 0 saturated carbocycles. The third-order valence-corrected chi connectivity index (χ3v) is 22.9. The van der Waals surface area contributed by atoms with Crippen LogP contribution < -0.4 is 26.2 Å². The van der Waals surface area contributed by atoms with Gasteiger partial charge >= 0.3 is 0 Å². The van der Waals surface area contributed by atoms with Gasteiger partial charge in [-0.05, 0) is 239 Å². The monoisotopic (exact) mass is 1540 g/mol. The Kier molecular flexibility index (Phi) is 17.7. The van der Waals surface area contributed by atoms with Crippen molar-refractivity contribution < 1.29 is 8.22 Å². The summed E-state index contributed by atoms with van der Waals surface area (Å²) < 4.78 is 69.7. The molecule has 4 heterocycles. The lowest BCUT2D eigenvalue weighted by molar-refractivity contribution is 0.411. The number of benzene rings is 13. The molecule has 0 unspecified atom stereocenters. The van der Waals surface area contributed by atoms with E-state index >= 15 is 0 Å². The standard InChI is InChI=1S/C112H119BN4/c1-106(2,3)66-72-34-30-37-78(54-72)89-57-75(69-109(10,11)12)58-90(79-38-31-35-73(55-79)67-107(4,5)6)104(89)116-99-64-83(114-95-46-26-22-42-85(95)86-43-23-27-47-96(86)114)50-52-93(99)113-94-53-51-84(115-97-48-28-24-44-87(97)88-45-25-29-49-98(88)115)65-100(94)117(102-62-77(71-111(16,17)18)61-101(116)103(102)113)105-91(80-39-32-36-74(56-80)68-108(7,8)9)59-76(70-110(13,14)15)60-92(105)81-40-33-41-82(63-81)112(19,20)21/h22-65H,66-71H2,1-21H3/i69D2,70D2,71D2. The summed E-state index contributed by atoms with van der Waals surface area (Å²) in [4.78, 5) is 5.02. The fourth-order valence-corrected chi connectivity index (χ4v) is 18.8. The highest BCUT2D eigenvalue weighted by Crippen LogP contribution is 2.56. The third kappa shape index (κ3) is 15.7. The smallest absolute Gasteiger partial charge is 0.252 e. The predicted octanol–water partition coefficient (Wildman–Crippen LogP) is 29.5. The van der Waals surface area contributed by atoms with Gasteiger partial charge in [0.05, 0.1) is 33.4 Å². The molecule has 0 bridgehead atoms. The summed E-state index contributed by atoms with van der Waals surface area (Å²) in [6.07, 6.45) is -3.44. The topological polar surface area (TPSA) is 16.3 Å². The van der Waals surface area contributed by atoms with Crippen molar-refractivity contribution in [3.8, 4) is 55.9 Å². The molecule has 2 aromatic heterocycles. The Balaban J connectivity index is 1.12. The minimum absolute atomic E-state index is 0.0868. The van der Waals surface area contributed by atoms with Gasteiger partial charge in [-0.2, -0.15) is 0 Å². The van der Waals surface area contributed by atoms with Crippen LogP contribution in [0.4, 0.5) is 34.1 Å². The maximum atomic E-state index is 11.2. The van der Waals surface area contributed by atoms with Crippen LogP contribution in [0.2, 0.25) is 0 Å². The lowest BCUT2D eigenvalue weighted by Crippen LogP contribution is -2.61. The van der Waals surface area contributed by atoms with Crippen molar-refractivity contribution in [3.05, 3.63) is 306 Å². The summed E-state index contributed by atoms with van der Waals surface area (Å²) in [6, 6.07) is 98.1. The number of rotatable bonds is 14. The Labute approximate surface area is 707 Å². The normalized spacial score (nSPS) is 14.6. The molecular formula is C112H119BN4. The highest BCUT2D eigenvalue weighted by molar-refractivity contribution is 7.00. The van der Waals surface area contributed by atoms with Gasteiger partial charge in [0.25, 0.3) is 6.71 Å². The average Bonchev–Trinajstić information content (AvgIpc) is 0.922. The zero-order valence-electron chi connectivity index (χ0n) is 78.9. The van der Waals surface area contributed by atoms with Gasteiger partial charge in [-0.25, -0.2) is 0 Å². The van der Waals surface area contributed by atoms with Crippen LogP contribution >= 0.6 is 0 Å². The van der Waals surface area contributed by atoms with Gasteiger partial charge < -0.3 is 18.9 Å². The molecule has 2 aliphatic rings. The molecule has 15 aromatic rings. The second-order valence-electron chi connectivity index (χ2n) is 41.4. The number of nitrogens with zero attached hydrogens (tertiary/aromatic N) is 4. The quantitative estimate of drug-likeness (QED) is 0.101. The Morgan fingerprint density at radius 2 is 0.564 bits per heavy atom. The van der Waals surface area contributed by atoms with Crippen LogP contribution in [0.15, 0.2) is 267 Å². The minimum atomic E-state index is -2.04. The lowest BCUT2D eigenvalue weighted by Gasteiger charge is -2.46. The summed E-state index contributed by atoms with van der Waals surface area (Å²) in [5.41, 5.74) is 24.1. The van der Waals surface area contributed by atoms with Crippen molar-refractivity contribution in [2.45, 2.75) is 189 Å². The number of aromatic nitrogens is 2. The molecule has 5 heteroatoms. The summed E-state index contributed by atoms with van der Waals surface area (Å²) in [7, 11) is 0. The molecule has 0 atom stereocenters. The lowest BCUT2D eigenvalue weighted by atomic mass is 9.33. The SMILES string of the molecule is [2H]C([2H])(c1cc(-c2cccc(CC(C)(C)C)c2)c(N2c3cc(-n4c5ccccc5c5ccccc54)ccc3B3c4ccc(-n5c6ccccc6c6ccccc65)cc4N(c4c(-c5cccc(CC(C)(C)C)c5)cc(C([2H])([2H])C(C)(C)C)cc4-c4cccc(C(C)(C)C)c4)c4cc(C([2H])([2H])C(C)(C)C)cc2c43)c(-c2cccc(CC(C)(C)C)c2)c1)C(C)(C)C. The first kappa shape index (κ1) is 71.4. The number of anilines is 6. The van der Waals surface area contributed by atoms with E-state index in [1.165, 1.54) is 0 Å². The second kappa shape index (κ2) is 29.0. The van der Waals surface area contributed by atoms with Gasteiger partial charge in [0.1, 0.15) is 0 Å². The highest BCUT2D eigenvalue weighted by atomic mass is 15.2. The van der Waals surface area contributed by atoms with Gasteiger partial charge in [0.15, 0.2) is 0 Å².